The zero-order chi connectivity index (χ0) is 6.86. The molecule has 0 saturated heterocycles. The Hall–Kier alpha value is 0.970. The summed E-state index contributed by atoms with van der Waals surface area (Å²) in [6, 6.07) is 0. The van der Waals surface area contributed by atoms with Gasteiger partial charge in [-0.3, -0.25) is 0 Å². The Balaban J connectivity index is 3.99. The Kier molecular flexibility index (Phi) is 2.58. The van der Waals surface area contributed by atoms with E-state index in [-0.39, 0.29) is 0 Å². The summed E-state index contributed by atoms with van der Waals surface area (Å²) < 4.78 is 0. The molecule has 0 amide bonds. The zero-order valence-electron chi connectivity index (χ0n) is 5.19. The Bertz CT molecular complexity index is 77.8. The molecule has 0 spiro atoms. The van der Waals surface area contributed by atoms with Crippen LogP contribution in [0.4, 0.5) is 0 Å². The van der Waals surface area contributed by atoms with Gasteiger partial charge in [0, 0.05) is 0 Å². The molecule has 0 bridgehead atoms. The fourth-order valence-corrected chi connectivity index (χ4v) is 0.671. The normalized spacial score (nSPS) is 17.4. The summed E-state index contributed by atoms with van der Waals surface area (Å²) in [6.45, 7) is 3.84. The van der Waals surface area contributed by atoms with E-state index >= 15 is 0 Å². The van der Waals surface area contributed by atoms with Crippen LogP contribution in [0.15, 0.2) is 0 Å². The topological polar surface area (TPSA) is 26.0 Å². The van der Waals surface area contributed by atoms with Crippen molar-refractivity contribution in [3.63, 3.8) is 0 Å². The molecule has 0 unspecified atom stereocenters. The second-order valence-electron chi connectivity index (χ2n) is 1.96. The Morgan fingerprint density at radius 3 is 1.50 bits per heavy atom. The maximum atomic E-state index is 5.83. The fourth-order valence-electron chi connectivity index (χ4n) is 0.224. The van der Waals surface area contributed by atoms with Crippen LogP contribution in [0.5, 0.6) is 0 Å². The molecule has 0 heterocycles. The summed E-state index contributed by atoms with van der Waals surface area (Å²) >= 11 is 11.7. The summed E-state index contributed by atoms with van der Waals surface area (Å²) in [5, 5.41) is 0. The molecule has 0 fully saturated rings. The monoisotopic (exact) mass is 175 g/mol. The standard InChI is InChI=1S/C4H12Cl2NP/c1-3-8(5,6,7)4-2/h3-4,7H2,1-2H3. The van der Waals surface area contributed by atoms with Gasteiger partial charge in [-0.15, -0.1) is 0 Å². The van der Waals surface area contributed by atoms with Crippen molar-refractivity contribution >= 4 is 27.9 Å². The van der Waals surface area contributed by atoms with Gasteiger partial charge in [0.15, 0.2) is 0 Å². The van der Waals surface area contributed by atoms with Crippen molar-refractivity contribution in [1.82, 2.24) is 0 Å². The molecule has 0 aromatic carbocycles. The number of rotatable bonds is 2. The molecule has 0 aromatic rings. The predicted molar refractivity (Wildman–Crippen MR) is 43.9 cm³/mol. The van der Waals surface area contributed by atoms with Crippen LogP contribution in [0.1, 0.15) is 13.8 Å². The van der Waals surface area contributed by atoms with Crippen molar-refractivity contribution in [3.05, 3.63) is 0 Å². The van der Waals surface area contributed by atoms with Crippen LogP contribution in [-0.4, -0.2) is 12.3 Å². The predicted octanol–water partition coefficient (Wildman–Crippen LogP) is 2.76. The van der Waals surface area contributed by atoms with Crippen molar-refractivity contribution in [3.8, 4) is 0 Å². The molecular formula is C4H12Cl2NP. The third kappa shape index (κ3) is 3.09. The van der Waals surface area contributed by atoms with Crippen LogP contribution < -0.4 is 5.50 Å². The Morgan fingerprint density at radius 1 is 1.25 bits per heavy atom. The molecule has 1 nitrogen and oxygen atoms in total. The van der Waals surface area contributed by atoms with Crippen LogP contribution in [0.3, 0.4) is 0 Å². The molecule has 0 rings (SSSR count). The second-order valence-corrected chi connectivity index (χ2v) is 11.4. The average molecular weight is 176 g/mol. The van der Waals surface area contributed by atoms with Crippen molar-refractivity contribution in [2.75, 3.05) is 12.3 Å². The van der Waals surface area contributed by atoms with Gasteiger partial charge in [-0.25, -0.2) is 0 Å². The third-order valence-electron chi connectivity index (χ3n) is 1.29. The minimum atomic E-state index is -2.66. The molecule has 0 aromatic heterocycles. The average Bonchev–Trinajstić information content (AvgIpc) is 1.68. The van der Waals surface area contributed by atoms with Crippen LogP contribution >= 0.6 is 27.9 Å². The van der Waals surface area contributed by atoms with Gasteiger partial charge in [-0.05, 0) is 0 Å². The summed E-state index contributed by atoms with van der Waals surface area (Å²) in [4.78, 5) is 0. The van der Waals surface area contributed by atoms with E-state index in [4.69, 9.17) is 28.0 Å². The summed E-state index contributed by atoms with van der Waals surface area (Å²) in [5.41, 5.74) is 2.96. The molecule has 0 aliphatic carbocycles. The molecule has 4 heteroatoms. The molecule has 52 valence electrons. The molecule has 0 saturated carbocycles. The van der Waals surface area contributed by atoms with E-state index in [0.717, 1.165) is 0 Å². The van der Waals surface area contributed by atoms with Crippen LogP contribution in [0.2, 0.25) is 0 Å². The van der Waals surface area contributed by atoms with Crippen molar-refractivity contribution < 1.29 is 0 Å². The summed E-state index contributed by atoms with van der Waals surface area (Å²) in [6.07, 6.45) is 1.40. The van der Waals surface area contributed by atoms with Gasteiger partial charge in [-0.1, -0.05) is 0 Å². The van der Waals surface area contributed by atoms with Gasteiger partial charge in [0.2, 0.25) is 0 Å². The molecular weight excluding hydrogens is 164 g/mol. The van der Waals surface area contributed by atoms with E-state index in [1.165, 1.54) is 0 Å². The second kappa shape index (κ2) is 2.30. The van der Waals surface area contributed by atoms with E-state index in [1.54, 1.807) is 0 Å². The van der Waals surface area contributed by atoms with Crippen LogP contribution in [0, 0.1) is 0 Å². The van der Waals surface area contributed by atoms with Crippen molar-refractivity contribution in [2.24, 2.45) is 5.50 Å². The first kappa shape index (κ1) is 8.97. The minimum absolute atomic E-state index is 0.700. The SMILES string of the molecule is CCP(N)(Cl)(Cl)CC. The Morgan fingerprint density at radius 2 is 1.50 bits per heavy atom. The molecule has 0 aliphatic rings. The number of nitrogens with two attached hydrogens (primary N) is 1. The Labute approximate surface area is 60.1 Å². The summed E-state index contributed by atoms with van der Waals surface area (Å²) in [7, 11) is 0. The molecule has 8 heavy (non-hydrogen) atoms. The van der Waals surface area contributed by atoms with E-state index in [0.29, 0.717) is 12.3 Å². The summed E-state index contributed by atoms with van der Waals surface area (Å²) in [5.74, 6) is 0. The quantitative estimate of drug-likeness (QED) is 0.643. The van der Waals surface area contributed by atoms with Crippen molar-refractivity contribution in [1.29, 1.82) is 0 Å². The molecule has 0 radical (unpaired) electrons. The number of halogens is 2. The molecule has 0 aliphatic heterocycles. The van der Waals surface area contributed by atoms with E-state index in [9.17, 15) is 0 Å². The first-order chi connectivity index (χ1) is 3.39. The maximum absolute atomic E-state index is 5.83. The van der Waals surface area contributed by atoms with Gasteiger partial charge in [-0.2, -0.15) is 0 Å². The van der Waals surface area contributed by atoms with E-state index < -0.39 is 5.46 Å². The number of hydrogen-bond donors (Lipinski definition) is 1. The first-order valence-electron chi connectivity index (χ1n) is 2.64. The van der Waals surface area contributed by atoms with Gasteiger partial charge in [0.25, 0.3) is 0 Å². The molecule has 2 N–H and O–H groups in total. The van der Waals surface area contributed by atoms with Gasteiger partial charge >= 0.3 is 59.6 Å². The van der Waals surface area contributed by atoms with E-state index in [2.05, 4.69) is 0 Å². The van der Waals surface area contributed by atoms with Crippen LogP contribution in [0.25, 0.3) is 0 Å². The first-order valence-corrected chi connectivity index (χ1v) is 7.13. The fraction of sp³-hybridized carbons (Fsp3) is 1.00. The van der Waals surface area contributed by atoms with Gasteiger partial charge in [0.05, 0.1) is 0 Å². The van der Waals surface area contributed by atoms with Crippen LogP contribution in [-0.2, 0) is 0 Å². The van der Waals surface area contributed by atoms with E-state index in [1.807, 2.05) is 13.8 Å². The zero-order valence-corrected chi connectivity index (χ0v) is 7.60. The third-order valence-corrected chi connectivity index (χ3v) is 6.74. The number of hydrogen-bond acceptors (Lipinski definition) is 1. The van der Waals surface area contributed by atoms with Gasteiger partial charge in [0.1, 0.15) is 0 Å². The van der Waals surface area contributed by atoms with Gasteiger partial charge < -0.3 is 0 Å². The molecule has 0 atom stereocenters. The van der Waals surface area contributed by atoms with Crippen molar-refractivity contribution in [2.45, 2.75) is 13.8 Å².